The first kappa shape index (κ1) is 11.1. The van der Waals surface area contributed by atoms with E-state index < -0.39 is 0 Å². The molecule has 4 aliphatic rings. The van der Waals surface area contributed by atoms with Gasteiger partial charge in [0, 0.05) is 5.57 Å². The van der Waals surface area contributed by atoms with Crippen molar-refractivity contribution >= 4 is 0 Å². The second-order valence-corrected chi connectivity index (χ2v) is 6.36. The minimum absolute atomic E-state index is 0.685. The van der Waals surface area contributed by atoms with Gasteiger partial charge in [0.15, 0.2) is 0 Å². The maximum absolute atomic E-state index is 8.69. The molecule has 4 rings (SSSR count). The summed E-state index contributed by atoms with van der Waals surface area (Å²) in [6, 6.07) is 2.12. The van der Waals surface area contributed by atoms with Crippen LogP contribution in [-0.4, -0.2) is 0 Å². The van der Waals surface area contributed by atoms with Gasteiger partial charge in [-0.1, -0.05) is 18.7 Å². The largest absolute Gasteiger partial charge is 0.193 e. The highest BCUT2D eigenvalue weighted by atomic mass is 14.5. The molecule has 0 heterocycles. The second-order valence-electron chi connectivity index (χ2n) is 6.36. The zero-order chi connectivity index (χ0) is 11.8. The fraction of sp³-hybridized carbons (Fsp3) is 0.688. The Labute approximate surface area is 104 Å². The molecule has 0 spiro atoms. The average molecular weight is 227 g/mol. The summed E-state index contributed by atoms with van der Waals surface area (Å²) < 4.78 is 0. The van der Waals surface area contributed by atoms with Gasteiger partial charge >= 0.3 is 0 Å². The number of hydrogen-bond acceptors (Lipinski definition) is 1. The lowest BCUT2D eigenvalue weighted by molar-refractivity contribution is -0.0162. The lowest BCUT2D eigenvalue weighted by atomic mass is 9.52. The van der Waals surface area contributed by atoms with E-state index in [0.29, 0.717) is 5.57 Å². The van der Waals surface area contributed by atoms with Crippen LogP contribution in [0.25, 0.3) is 0 Å². The summed E-state index contributed by atoms with van der Waals surface area (Å²) in [4.78, 5) is 0. The summed E-state index contributed by atoms with van der Waals surface area (Å²) in [5.41, 5.74) is 0.685. The van der Waals surface area contributed by atoms with Crippen LogP contribution in [0.2, 0.25) is 0 Å². The fourth-order valence-electron chi connectivity index (χ4n) is 4.69. The molecule has 90 valence electrons. The van der Waals surface area contributed by atoms with Gasteiger partial charge in [-0.15, -0.1) is 0 Å². The van der Waals surface area contributed by atoms with E-state index >= 15 is 0 Å². The molecule has 0 radical (unpaired) electrons. The van der Waals surface area contributed by atoms with Crippen molar-refractivity contribution in [3.8, 4) is 6.07 Å². The van der Waals surface area contributed by atoms with Crippen molar-refractivity contribution in [2.45, 2.75) is 38.5 Å². The average Bonchev–Trinajstić information content (AvgIpc) is 2.31. The van der Waals surface area contributed by atoms with Crippen LogP contribution >= 0.6 is 0 Å². The van der Waals surface area contributed by atoms with Crippen LogP contribution in [0.4, 0.5) is 0 Å². The molecule has 0 atom stereocenters. The predicted molar refractivity (Wildman–Crippen MR) is 69.0 cm³/mol. The summed E-state index contributed by atoms with van der Waals surface area (Å²) in [7, 11) is 0. The molecule has 0 aromatic rings. The first-order valence-electron chi connectivity index (χ1n) is 7.00. The molecule has 4 aliphatic carbocycles. The van der Waals surface area contributed by atoms with Crippen LogP contribution in [-0.2, 0) is 0 Å². The molecule has 0 amide bonds. The molecule has 4 saturated carbocycles. The monoisotopic (exact) mass is 227 g/mol. The third-order valence-electron chi connectivity index (χ3n) is 5.18. The van der Waals surface area contributed by atoms with Crippen molar-refractivity contribution in [3.05, 3.63) is 24.3 Å². The van der Waals surface area contributed by atoms with Gasteiger partial charge < -0.3 is 0 Å². The maximum Gasteiger partial charge on any atom is 0.0944 e. The van der Waals surface area contributed by atoms with E-state index in [1.807, 2.05) is 0 Å². The van der Waals surface area contributed by atoms with Gasteiger partial charge in [0.1, 0.15) is 0 Å². The Bertz CT molecular complexity index is 357. The molecule has 0 aliphatic heterocycles. The summed E-state index contributed by atoms with van der Waals surface area (Å²) in [5, 5.41) is 8.69. The Morgan fingerprint density at radius 3 is 2.24 bits per heavy atom. The number of hydrogen-bond donors (Lipinski definition) is 0. The van der Waals surface area contributed by atoms with E-state index in [1.54, 1.807) is 0 Å². The van der Waals surface area contributed by atoms with E-state index in [9.17, 15) is 0 Å². The van der Waals surface area contributed by atoms with Crippen LogP contribution in [0.15, 0.2) is 24.3 Å². The van der Waals surface area contributed by atoms with Gasteiger partial charge in [-0.25, -0.2) is 0 Å². The SMILES string of the molecule is C=C(C#N)C/C=C/C1C2CC3CC(C2)CC1C3. The molecule has 1 heteroatoms. The van der Waals surface area contributed by atoms with E-state index in [0.717, 1.165) is 36.0 Å². The smallest absolute Gasteiger partial charge is 0.0944 e. The first-order chi connectivity index (χ1) is 8.26. The number of allylic oxidation sites excluding steroid dienone is 3. The maximum atomic E-state index is 8.69. The molecule has 0 N–H and O–H groups in total. The molecule has 1 nitrogen and oxygen atoms in total. The Morgan fingerprint density at radius 1 is 1.12 bits per heavy atom. The normalized spacial score (nSPS) is 42.9. The van der Waals surface area contributed by atoms with E-state index in [4.69, 9.17) is 5.26 Å². The van der Waals surface area contributed by atoms with Crippen molar-refractivity contribution in [1.29, 1.82) is 5.26 Å². The van der Waals surface area contributed by atoms with E-state index in [1.165, 1.54) is 32.1 Å². The Morgan fingerprint density at radius 2 is 1.71 bits per heavy atom. The van der Waals surface area contributed by atoms with Gasteiger partial charge in [0.25, 0.3) is 0 Å². The van der Waals surface area contributed by atoms with Crippen molar-refractivity contribution in [2.75, 3.05) is 0 Å². The molecule has 0 aromatic heterocycles. The van der Waals surface area contributed by atoms with E-state index in [2.05, 4.69) is 24.8 Å². The summed E-state index contributed by atoms with van der Waals surface area (Å²) >= 11 is 0. The minimum Gasteiger partial charge on any atom is -0.193 e. The quantitative estimate of drug-likeness (QED) is 0.526. The topological polar surface area (TPSA) is 23.8 Å². The van der Waals surface area contributed by atoms with Crippen molar-refractivity contribution < 1.29 is 0 Å². The van der Waals surface area contributed by atoms with Crippen LogP contribution in [0.1, 0.15) is 38.5 Å². The number of nitriles is 1. The predicted octanol–water partition coefficient (Wildman–Crippen LogP) is 4.08. The van der Waals surface area contributed by atoms with Crippen molar-refractivity contribution in [3.63, 3.8) is 0 Å². The molecule has 0 saturated heterocycles. The lowest BCUT2D eigenvalue weighted by Gasteiger charge is -2.53. The highest BCUT2D eigenvalue weighted by Gasteiger charge is 2.46. The zero-order valence-electron chi connectivity index (χ0n) is 10.4. The molecule has 0 unspecified atom stereocenters. The zero-order valence-corrected chi connectivity index (χ0v) is 10.4. The molecule has 0 aromatic carbocycles. The highest BCUT2D eigenvalue weighted by molar-refractivity contribution is 5.19. The van der Waals surface area contributed by atoms with E-state index in [-0.39, 0.29) is 0 Å². The lowest BCUT2D eigenvalue weighted by Crippen LogP contribution is -2.44. The summed E-state index contributed by atoms with van der Waals surface area (Å²) in [6.45, 7) is 3.73. The molecule has 4 bridgehead atoms. The van der Waals surface area contributed by atoms with Crippen molar-refractivity contribution in [2.24, 2.45) is 29.6 Å². The Balaban J connectivity index is 1.64. The van der Waals surface area contributed by atoms with Crippen LogP contribution in [0.5, 0.6) is 0 Å². The van der Waals surface area contributed by atoms with Crippen LogP contribution in [0, 0.1) is 40.9 Å². The molecular weight excluding hydrogens is 206 g/mol. The summed E-state index contributed by atoms with van der Waals surface area (Å²) in [5.74, 6) is 4.83. The minimum atomic E-state index is 0.685. The third-order valence-corrected chi connectivity index (χ3v) is 5.18. The number of nitrogens with zero attached hydrogens (tertiary/aromatic N) is 1. The van der Waals surface area contributed by atoms with Gasteiger partial charge in [0.05, 0.1) is 6.07 Å². The second kappa shape index (κ2) is 4.33. The molecule has 4 fully saturated rings. The number of rotatable bonds is 3. The van der Waals surface area contributed by atoms with Gasteiger partial charge in [-0.2, -0.15) is 5.26 Å². The first-order valence-corrected chi connectivity index (χ1v) is 7.00. The third kappa shape index (κ3) is 2.06. The standard InChI is InChI=1S/C16H21N/c1-11(10-17)3-2-4-16-14-6-12-5-13(8-14)9-15(16)7-12/h2,4,12-16H,1,3,5-9H2/b4-2+. The molecule has 17 heavy (non-hydrogen) atoms. The van der Waals surface area contributed by atoms with Gasteiger partial charge in [-0.3, -0.25) is 0 Å². The van der Waals surface area contributed by atoms with Crippen LogP contribution in [0.3, 0.4) is 0 Å². The van der Waals surface area contributed by atoms with Crippen LogP contribution < -0.4 is 0 Å². The Hall–Kier alpha value is -1.03. The van der Waals surface area contributed by atoms with Crippen molar-refractivity contribution in [1.82, 2.24) is 0 Å². The van der Waals surface area contributed by atoms with Gasteiger partial charge in [-0.05, 0) is 68.1 Å². The fourth-order valence-corrected chi connectivity index (χ4v) is 4.69. The van der Waals surface area contributed by atoms with Gasteiger partial charge in [0.2, 0.25) is 0 Å². The molecular formula is C16H21N. The highest BCUT2D eigenvalue weighted by Crippen LogP contribution is 2.56. The summed E-state index contributed by atoms with van der Waals surface area (Å²) in [6.07, 6.45) is 12.8. The Kier molecular flexibility index (Phi) is 2.82.